The molecule has 1 aromatic carbocycles. The highest BCUT2D eigenvalue weighted by atomic mass is 16.3. The van der Waals surface area contributed by atoms with E-state index in [2.05, 4.69) is 0 Å². The standard InChI is InChI=1S/C25H28N2O8/c1-10(28)11-6-7-13(29)14-12(11)8-23(2)9-24(3)19(27(4)5)18(31)15(22(26)34)20(32)25(24,35)21(33)16(23)17(14)30/h6-7,15-16,19,29,35H,8-9H2,1-5H3,(H2,26,34)/t15?,16?,19-,23+,24+,25-/m1/s1. The summed E-state index contributed by atoms with van der Waals surface area (Å²) in [6.07, 6.45) is -0.113. The number of likely N-dealkylation sites (N-methyl/N-ethyl adjacent to an activating group) is 1. The monoisotopic (exact) mass is 484 g/mol. The number of aliphatic hydroxyl groups is 1. The lowest BCUT2D eigenvalue weighted by Crippen LogP contribution is -2.79. The number of phenolic OH excluding ortho intramolecular Hbond substituents is 1. The molecule has 0 aliphatic heterocycles. The average Bonchev–Trinajstić information content (AvgIpc) is 2.69. The molecule has 3 aliphatic carbocycles. The van der Waals surface area contributed by atoms with E-state index in [0.29, 0.717) is 0 Å². The highest BCUT2D eigenvalue weighted by Crippen LogP contribution is 2.61. The molecule has 3 aliphatic rings. The van der Waals surface area contributed by atoms with Crippen LogP contribution in [0.15, 0.2) is 12.1 Å². The van der Waals surface area contributed by atoms with Gasteiger partial charge in [0.05, 0.1) is 17.5 Å². The van der Waals surface area contributed by atoms with Crippen LogP contribution >= 0.6 is 0 Å². The van der Waals surface area contributed by atoms with E-state index in [1.165, 1.54) is 45.0 Å². The highest BCUT2D eigenvalue weighted by Gasteiger charge is 2.76. The second-order valence-corrected chi connectivity index (χ2v) is 10.8. The first-order valence-electron chi connectivity index (χ1n) is 11.2. The van der Waals surface area contributed by atoms with Crippen molar-refractivity contribution in [2.24, 2.45) is 28.4 Å². The molecule has 0 bridgehead atoms. The minimum atomic E-state index is -2.85. The van der Waals surface area contributed by atoms with Gasteiger partial charge in [-0.15, -0.1) is 0 Å². The Morgan fingerprint density at radius 1 is 1.09 bits per heavy atom. The summed E-state index contributed by atoms with van der Waals surface area (Å²) in [5, 5.41) is 22.3. The summed E-state index contributed by atoms with van der Waals surface area (Å²) in [6, 6.07) is 1.36. The number of Topliss-reactive ketones (excluding diaryl/α,β-unsaturated/α-hetero) is 5. The topological polar surface area (TPSA) is 172 Å². The summed E-state index contributed by atoms with van der Waals surface area (Å²) in [6.45, 7) is 4.39. The molecule has 2 fully saturated rings. The summed E-state index contributed by atoms with van der Waals surface area (Å²) in [5.41, 5.74) is -0.104. The summed E-state index contributed by atoms with van der Waals surface area (Å²) in [4.78, 5) is 80.3. The fourth-order valence-corrected chi connectivity index (χ4v) is 7.05. The number of phenols is 1. The maximum atomic E-state index is 14.0. The number of rotatable bonds is 3. The Bertz CT molecular complexity index is 1250. The number of fused-ring (bicyclic) bond motifs is 3. The predicted octanol–water partition coefficient (Wildman–Crippen LogP) is -0.150. The number of hydrogen-bond acceptors (Lipinski definition) is 9. The maximum absolute atomic E-state index is 14.0. The number of benzene rings is 1. The van der Waals surface area contributed by atoms with Crippen LogP contribution in [0.1, 0.15) is 53.5 Å². The van der Waals surface area contributed by atoms with Crippen molar-refractivity contribution >= 4 is 34.8 Å². The normalized spacial score (nSPS) is 36.5. The van der Waals surface area contributed by atoms with Crippen molar-refractivity contribution in [3.8, 4) is 5.75 Å². The number of primary amides is 1. The van der Waals surface area contributed by atoms with Gasteiger partial charge in [-0.05, 0) is 57.0 Å². The molecule has 4 N–H and O–H groups in total. The fourth-order valence-electron chi connectivity index (χ4n) is 7.05. The van der Waals surface area contributed by atoms with Crippen LogP contribution in [0.5, 0.6) is 5.75 Å². The summed E-state index contributed by atoms with van der Waals surface area (Å²) in [7, 11) is 3.04. The molecule has 0 saturated heterocycles. The number of amides is 1. The van der Waals surface area contributed by atoms with Gasteiger partial charge in [0.1, 0.15) is 5.75 Å². The third kappa shape index (κ3) is 2.89. The lowest BCUT2D eigenvalue weighted by molar-refractivity contribution is -0.203. The molecule has 1 aromatic rings. The van der Waals surface area contributed by atoms with Crippen LogP contribution in [0.3, 0.4) is 0 Å². The minimum Gasteiger partial charge on any atom is -0.507 e. The molecule has 0 radical (unpaired) electrons. The molecule has 1 amide bonds. The second-order valence-electron chi connectivity index (χ2n) is 10.8. The molecular formula is C25H28N2O8. The zero-order valence-corrected chi connectivity index (χ0v) is 20.2. The van der Waals surface area contributed by atoms with Crippen LogP contribution < -0.4 is 5.73 Å². The smallest absolute Gasteiger partial charge is 0.235 e. The van der Waals surface area contributed by atoms with Crippen molar-refractivity contribution in [3.05, 3.63) is 28.8 Å². The molecule has 0 aromatic heterocycles. The van der Waals surface area contributed by atoms with Crippen molar-refractivity contribution in [3.63, 3.8) is 0 Å². The van der Waals surface area contributed by atoms with E-state index in [0.717, 1.165) is 0 Å². The number of aromatic hydroxyl groups is 1. The second kappa shape index (κ2) is 7.38. The average molecular weight is 485 g/mol. The lowest BCUT2D eigenvalue weighted by atomic mass is 9.42. The van der Waals surface area contributed by atoms with Crippen LogP contribution in [0.4, 0.5) is 0 Å². The molecule has 2 saturated carbocycles. The highest BCUT2D eigenvalue weighted by molar-refractivity contribution is 6.33. The van der Waals surface area contributed by atoms with Gasteiger partial charge in [0.2, 0.25) is 5.91 Å². The molecule has 2 unspecified atom stereocenters. The van der Waals surface area contributed by atoms with Crippen molar-refractivity contribution < 1.29 is 39.0 Å². The molecule has 35 heavy (non-hydrogen) atoms. The first-order chi connectivity index (χ1) is 16.0. The molecule has 0 spiro atoms. The van der Waals surface area contributed by atoms with Gasteiger partial charge in [0.25, 0.3) is 0 Å². The minimum absolute atomic E-state index is 0.0151. The first kappa shape index (κ1) is 24.9. The van der Waals surface area contributed by atoms with Crippen molar-refractivity contribution in [1.29, 1.82) is 0 Å². The molecule has 10 nitrogen and oxygen atoms in total. The molecule has 4 rings (SSSR count). The summed E-state index contributed by atoms with van der Waals surface area (Å²) in [5.74, 6) is -9.73. The number of nitrogens with two attached hydrogens (primary N) is 1. The largest absolute Gasteiger partial charge is 0.507 e. The Morgan fingerprint density at radius 3 is 2.20 bits per heavy atom. The third-order valence-electron chi connectivity index (χ3n) is 8.25. The lowest BCUT2D eigenvalue weighted by Gasteiger charge is -2.61. The Labute approximate surface area is 201 Å². The van der Waals surface area contributed by atoms with E-state index in [1.807, 2.05) is 0 Å². The third-order valence-corrected chi connectivity index (χ3v) is 8.25. The Balaban J connectivity index is 2.01. The van der Waals surface area contributed by atoms with Gasteiger partial charge in [-0.3, -0.25) is 33.7 Å². The zero-order chi connectivity index (χ0) is 26.4. The van der Waals surface area contributed by atoms with Crippen LogP contribution in [0, 0.1) is 22.7 Å². The molecule has 0 heterocycles. The van der Waals surface area contributed by atoms with E-state index in [-0.39, 0.29) is 35.3 Å². The van der Waals surface area contributed by atoms with Gasteiger partial charge in [0.15, 0.2) is 40.4 Å². The van der Waals surface area contributed by atoms with Crippen LogP contribution in [0.2, 0.25) is 0 Å². The number of ketones is 5. The molecule has 10 heteroatoms. The predicted molar refractivity (Wildman–Crippen MR) is 121 cm³/mol. The summed E-state index contributed by atoms with van der Waals surface area (Å²) >= 11 is 0. The Hall–Kier alpha value is -3.24. The molecule has 6 atom stereocenters. The van der Waals surface area contributed by atoms with Crippen LogP contribution in [-0.4, -0.2) is 75.7 Å². The summed E-state index contributed by atoms with van der Waals surface area (Å²) < 4.78 is 0. The van der Waals surface area contributed by atoms with Gasteiger partial charge in [-0.1, -0.05) is 13.8 Å². The van der Waals surface area contributed by atoms with E-state index in [4.69, 9.17) is 5.73 Å². The van der Waals surface area contributed by atoms with Gasteiger partial charge in [-0.25, -0.2) is 0 Å². The van der Waals surface area contributed by atoms with Gasteiger partial charge < -0.3 is 15.9 Å². The van der Waals surface area contributed by atoms with E-state index in [9.17, 15) is 39.0 Å². The van der Waals surface area contributed by atoms with Crippen LogP contribution in [0.25, 0.3) is 0 Å². The Kier molecular flexibility index (Phi) is 5.24. The van der Waals surface area contributed by atoms with Gasteiger partial charge in [-0.2, -0.15) is 0 Å². The van der Waals surface area contributed by atoms with Gasteiger partial charge >= 0.3 is 0 Å². The Morgan fingerprint density at radius 2 is 1.69 bits per heavy atom. The van der Waals surface area contributed by atoms with E-state index >= 15 is 0 Å². The van der Waals surface area contributed by atoms with E-state index in [1.54, 1.807) is 6.92 Å². The first-order valence-corrected chi connectivity index (χ1v) is 11.2. The van der Waals surface area contributed by atoms with Crippen molar-refractivity contribution in [2.75, 3.05) is 14.1 Å². The van der Waals surface area contributed by atoms with Gasteiger partial charge in [0, 0.05) is 11.0 Å². The zero-order valence-electron chi connectivity index (χ0n) is 20.2. The number of nitrogens with zero attached hydrogens (tertiary/aromatic N) is 1. The molecular weight excluding hydrogens is 456 g/mol. The SMILES string of the molecule is CC(=O)c1ccc(O)c2c1C[C@@]1(C)C[C@@]3(C)[C@H](N(C)C)C(=O)C(C(N)=O)C(=O)[C@@]3(O)C(=O)C1C2=O. The van der Waals surface area contributed by atoms with Crippen LogP contribution in [-0.2, 0) is 25.6 Å². The molecule has 186 valence electrons. The van der Waals surface area contributed by atoms with E-state index < -0.39 is 69.1 Å². The quantitative estimate of drug-likeness (QED) is 0.389. The fraction of sp³-hybridized carbons (Fsp3) is 0.520. The number of carbonyl (C=O) groups excluding carboxylic acids is 6. The van der Waals surface area contributed by atoms with Crippen molar-refractivity contribution in [2.45, 2.75) is 45.3 Å². The number of hydrogen-bond donors (Lipinski definition) is 3. The maximum Gasteiger partial charge on any atom is 0.235 e. The number of carbonyl (C=O) groups is 6. The van der Waals surface area contributed by atoms with Crippen molar-refractivity contribution in [1.82, 2.24) is 4.90 Å².